The fourth-order valence-electron chi connectivity index (χ4n) is 7.39. The van der Waals surface area contributed by atoms with Crippen molar-refractivity contribution in [3.8, 4) is 0 Å². The first-order valence-corrected chi connectivity index (χ1v) is 14.6. The SMILES string of the molecule is C=CCN(CCC)C(=O)[C@H]1[C@H]2C(=O)N([C@@H](CC)CO)C(C(=O)N(CC=C)C(C)CCC)C23CC[C@]1(CC)O3. The molecule has 214 valence electrons. The number of ether oxygens (including phenoxy) is 1. The molecule has 3 heterocycles. The van der Waals surface area contributed by atoms with Crippen molar-refractivity contribution in [2.75, 3.05) is 26.2 Å². The second-order valence-electron chi connectivity index (χ2n) is 11.3. The number of likely N-dealkylation sites (tertiary alicyclic amines) is 1. The van der Waals surface area contributed by atoms with Crippen molar-refractivity contribution >= 4 is 17.7 Å². The summed E-state index contributed by atoms with van der Waals surface area (Å²) >= 11 is 0. The topological polar surface area (TPSA) is 90.4 Å². The molecule has 3 aliphatic heterocycles. The summed E-state index contributed by atoms with van der Waals surface area (Å²) in [7, 11) is 0. The molecular weight excluding hydrogens is 482 g/mol. The Hall–Kier alpha value is -2.19. The molecule has 8 heteroatoms. The molecule has 0 saturated carbocycles. The van der Waals surface area contributed by atoms with Gasteiger partial charge in [0.1, 0.15) is 11.6 Å². The number of hydrogen-bond donors (Lipinski definition) is 1. The smallest absolute Gasteiger partial charge is 0.248 e. The Morgan fingerprint density at radius 3 is 2.34 bits per heavy atom. The number of hydrogen-bond acceptors (Lipinski definition) is 5. The molecule has 3 rings (SSSR count). The number of aliphatic hydroxyl groups excluding tert-OH is 1. The molecule has 0 aromatic rings. The van der Waals surface area contributed by atoms with Gasteiger partial charge in [-0.3, -0.25) is 14.4 Å². The van der Waals surface area contributed by atoms with Crippen molar-refractivity contribution < 1.29 is 24.2 Å². The second-order valence-corrected chi connectivity index (χ2v) is 11.3. The van der Waals surface area contributed by atoms with Crippen LogP contribution in [-0.4, -0.2) is 93.1 Å². The predicted molar refractivity (Wildman–Crippen MR) is 148 cm³/mol. The van der Waals surface area contributed by atoms with Crippen LogP contribution >= 0.6 is 0 Å². The summed E-state index contributed by atoms with van der Waals surface area (Å²) in [5.41, 5.74) is -1.88. The molecule has 0 aromatic carbocycles. The summed E-state index contributed by atoms with van der Waals surface area (Å²) in [6.45, 7) is 18.8. The van der Waals surface area contributed by atoms with E-state index in [1.807, 2.05) is 27.7 Å². The lowest BCUT2D eigenvalue weighted by molar-refractivity contribution is -0.159. The average molecular weight is 532 g/mol. The first-order valence-electron chi connectivity index (χ1n) is 14.6. The quantitative estimate of drug-likeness (QED) is 0.327. The second kappa shape index (κ2) is 12.3. The number of amides is 3. The van der Waals surface area contributed by atoms with Crippen LogP contribution in [-0.2, 0) is 19.1 Å². The molecule has 2 bridgehead atoms. The molecule has 3 unspecified atom stereocenters. The number of fused-ring (bicyclic) bond motifs is 1. The van der Waals surface area contributed by atoms with E-state index in [2.05, 4.69) is 20.1 Å². The Labute approximate surface area is 229 Å². The van der Waals surface area contributed by atoms with Gasteiger partial charge in [-0.2, -0.15) is 0 Å². The molecule has 1 N–H and O–H groups in total. The van der Waals surface area contributed by atoms with Gasteiger partial charge in [-0.05, 0) is 45.4 Å². The van der Waals surface area contributed by atoms with Crippen LogP contribution in [0.2, 0.25) is 0 Å². The van der Waals surface area contributed by atoms with Crippen LogP contribution in [0, 0.1) is 11.8 Å². The molecule has 3 amide bonds. The van der Waals surface area contributed by atoms with Gasteiger partial charge in [-0.25, -0.2) is 0 Å². The summed E-state index contributed by atoms with van der Waals surface area (Å²) in [6, 6.07) is -1.46. The highest BCUT2D eigenvalue weighted by molar-refractivity contribution is 5.99. The van der Waals surface area contributed by atoms with E-state index in [0.29, 0.717) is 45.3 Å². The molecule has 0 aliphatic carbocycles. The summed E-state index contributed by atoms with van der Waals surface area (Å²) in [4.78, 5) is 48.2. The van der Waals surface area contributed by atoms with Gasteiger partial charge in [0.25, 0.3) is 0 Å². The summed E-state index contributed by atoms with van der Waals surface area (Å²) < 4.78 is 6.91. The van der Waals surface area contributed by atoms with Crippen molar-refractivity contribution in [3.05, 3.63) is 25.3 Å². The van der Waals surface area contributed by atoms with E-state index in [1.165, 1.54) is 0 Å². The molecule has 38 heavy (non-hydrogen) atoms. The van der Waals surface area contributed by atoms with Crippen LogP contribution in [0.15, 0.2) is 25.3 Å². The van der Waals surface area contributed by atoms with Gasteiger partial charge >= 0.3 is 0 Å². The zero-order valence-corrected chi connectivity index (χ0v) is 24.2. The lowest BCUT2D eigenvalue weighted by Gasteiger charge is -2.41. The molecule has 3 saturated heterocycles. The van der Waals surface area contributed by atoms with Crippen molar-refractivity contribution in [2.45, 2.75) is 109 Å². The molecule has 7 atom stereocenters. The van der Waals surface area contributed by atoms with Crippen molar-refractivity contribution in [1.82, 2.24) is 14.7 Å². The third kappa shape index (κ3) is 4.72. The minimum atomic E-state index is -1.09. The lowest BCUT2D eigenvalue weighted by Crippen LogP contribution is -2.60. The Morgan fingerprint density at radius 2 is 1.82 bits per heavy atom. The molecule has 1 spiro atoms. The lowest BCUT2D eigenvalue weighted by atomic mass is 9.64. The Morgan fingerprint density at radius 1 is 1.13 bits per heavy atom. The predicted octanol–water partition coefficient (Wildman–Crippen LogP) is 3.54. The van der Waals surface area contributed by atoms with Crippen LogP contribution in [0.25, 0.3) is 0 Å². The van der Waals surface area contributed by atoms with Gasteiger partial charge < -0.3 is 24.5 Å². The van der Waals surface area contributed by atoms with E-state index in [4.69, 9.17) is 4.74 Å². The van der Waals surface area contributed by atoms with E-state index < -0.39 is 35.1 Å². The minimum absolute atomic E-state index is 0.0455. The highest BCUT2D eigenvalue weighted by Crippen LogP contribution is 2.65. The molecule has 0 aromatic heterocycles. The van der Waals surface area contributed by atoms with E-state index >= 15 is 0 Å². The van der Waals surface area contributed by atoms with Crippen molar-refractivity contribution in [3.63, 3.8) is 0 Å². The Balaban J connectivity index is 2.17. The van der Waals surface area contributed by atoms with Gasteiger partial charge in [0, 0.05) is 25.7 Å². The van der Waals surface area contributed by atoms with Gasteiger partial charge in [0.05, 0.1) is 30.1 Å². The zero-order chi connectivity index (χ0) is 28.3. The van der Waals surface area contributed by atoms with Gasteiger partial charge in [-0.1, -0.05) is 46.3 Å². The van der Waals surface area contributed by atoms with E-state index in [-0.39, 0.29) is 30.4 Å². The number of carbonyl (C=O) groups excluding carboxylic acids is 3. The number of rotatable bonds is 15. The fraction of sp³-hybridized carbons (Fsp3) is 0.767. The summed E-state index contributed by atoms with van der Waals surface area (Å²) in [5.74, 6) is -1.94. The van der Waals surface area contributed by atoms with E-state index in [0.717, 1.165) is 19.3 Å². The van der Waals surface area contributed by atoms with Crippen molar-refractivity contribution in [2.24, 2.45) is 11.8 Å². The van der Waals surface area contributed by atoms with Crippen molar-refractivity contribution in [1.29, 1.82) is 0 Å². The van der Waals surface area contributed by atoms with Crippen LogP contribution in [0.5, 0.6) is 0 Å². The molecule has 8 nitrogen and oxygen atoms in total. The van der Waals surface area contributed by atoms with Gasteiger partial charge in [0.15, 0.2) is 0 Å². The van der Waals surface area contributed by atoms with E-state index in [9.17, 15) is 19.5 Å². The standard InChI is InChI=1S/C30H49N3O5/c1-8-14-21(7)32(19-11-4)28(37)25-30-16-15-29(13-6,38-30)23(26(35)31(17-9-2)18-10-3)24(30)27(36)33(25)22(12-5)20-34/h9,11,21-25,34H,2,4,8,10,12-20H2,1,3,5-7H3/t21?,22-,23+,24-,25?,29-,30?/m0/s1. The number of aliphatic hydroxyl groups is 1. The minimum Gasteiger partial charge on any atom is -0.394 e. The molecule has 0 radical (unpaired) electrons. The maximum atomic E-state index is 14.5. The largest absolute Gasteiger partial charge is 0.394 e. The number of nitrogens with zero attached hydrogens (tertiary/aromatic N) is 3. The first-order chi connectivity index (χ1) is 18.2. The summed E-state index contributed by atoms with van der Waals surface area (Å²) in [5, 5.41) is 10.3. The Bertz CT molecular complexity index is 904. The highest BCUT2D eigenvalue weighted by Gasteiger charge is 2.79. The van der Waals surface area contributed by atoms with Gasteiger partial charge in [-0.15, -0.1) is 13.2 Å². The van der Waals surface area contributed by atoms with Crippen LogP contribution in [0.3, 0.4) is 0 Å². The maximum absolute atomic E-state index is 14.5. The zero-order valence-electron chi connectivity index (χ0n) is 24.2. The molecule has 3 aliphatic rings. The average Bonchev–Trinajstić information content (AvgIpc) is 3.51. The molecule has 3 fully saturated rings. The van der Waals surface area contributed by atoms with Gasteiger partial charge in [0.2, 0.25) is 17.7 Å². The Kier molecular flexibility index (Phi) is 9.85. The normalized spacial score (nSPS) is 31.2. The third-order valence-electron chi connectivity index (χ3n) is 9.20. The van der Waals surface area contributed by atoms with Crippen LogP contribution < -0.4 is 0 Å². The monoisotopic (exact) mass is 531 g/mol. The first kappa shape index (κ1) is 30.4. The third-order valence-corrected chi connectivity index (χ3v) is 9.20. The van der Waals surface area contributed by atoms with E-state index in [1.54, 1.807) is 26.9 Å². The fourth-order valence-corrected chi connectivity index (χ4v) is 7.39. The van der Waals surface area contributed by atoms with Crippen LogP contribution in [0.1, 0.15) is 79.6 Å². The highest BCUT2D eigenvalue weighted by atomic mass is 16.5. The maximum Gasteiger partial charge on any atom is 0.248 e. The molecular formula is C30H49N3O5. The van der Waals surface area contributed by atoms with Crippen LogP contribution in [0.4, 0.5) is 0 Å². The number of carbonyl (C=O) groups is 3. The summed E-state index contributed by atoms with van der Waals surface area (Å²) in [6.07, 6.45) is 8.20.